The van der Waals surface area contributed by atoms with Crippen molar-refractivity contribution in [3.8, 4) is 0 Å². The molecule has 6 heteroatoms. The Morgan fingerprint density at radius 3 is 2.93 bits per heavy atom. The molecule has 2 atom stereocenters. The Balaban J connectivity index is 2.52. The van der Waals surface area contributed by atoms with Crippen LogP contribution in [-0.2, 0) is 0 Å². The largest absolute Gasteiger partial charge is 0.397 e. The lowest BCUT2D eigenvalue weighted by Crippen LogP contribution is -2.90. The summed E-state index contributed by atoms with van der Waals surface area (Å²) >= 11 is 0. The fraction of sp³-hybridized carbons (Fsp3) is 0.500. The summed E-state index contributed by atoms with van der Waals surface area (Å²) in [4.78, 5) is 17.2. The smallest absolute Gasteiger partial charge is 0.297 e. The van der Waals surface area contributed by atoms with Crippen molar-refractivity contribution in [2.75, 3.05) is 5.32 Å². The van der Waals surface area contributed by atoms with Gasteiger partial charge in [0.1, 0.15) is 12.1 Å². The number of hydrogen-bond acceptors (Lipinski definition) is 2. The van der Waals surface area contributed by atoms with Gasteiger partial charge in [-0.3, -0.25) is 16.4 Å². The van der Waals surface area contributed by atoms with E-state index in [-0.39, 0.29) is 5.56 Å². The molecule has 0 saturated carbocycles. The highest BCUT2D eigenvalue weighted by Gasteiger charge is 2.33. The third-order valence-corrected chi connectivity index (χ3v) is 2.64. The van der Waals surface area contributed by atoms with Gasteiger partial charge in [0.2, 0.25) is 0 Å². The summed E-state index contributed by atoms with van der Waals surface area (Å²) in [5.41, 5.74) is 4.26. The molecule has 0 bridgehead atoms. The van der Waals surface area contributed by atoms with Gasteiger partial charge in [-0.2, -0.15) is 9.97 Å². The van der Waals surface area contributed by atoms with Crippen LogP contribution < -0.4 is 26.9 Å². The Labute approximate surface area is 80.9 Å². The van der Waals surface area contributed by atoms with Crippen LogP contribution in [0.3, 0.4) is 0 Å². The van der Waals surface area contributed by atoms with Crippen LogP contribution in [0.15, 0.2) is 4.79 Å². The van der Waals surface area contributed by atoms with Crippen molar-refractivity contribution in [3.05, 3.63) is 10.4 Å². The molecule has 76 valence electrons. The second-order valence-corrected chi connectivity index (χ2v) is 3.81. The monoisotopic (exact) mass is 198 g/mol. The van der Waals surface area contributed by atoms with Crippen molar-refractivity contribution >= 4 is 17.5 Å². The number of anilines is 1. The highest BCUT2D eigenvalue weighted by molar-refractivity contribution is 5.51. The van der Waals surface area contributed by atoms with Crippen molar-refractivity contribution < 1.29 is 16.0 Å². The highest BCUT2D eigenvalue weighted by atomic mass is 16.1. The highest BCUT2D eigenvalue weighted by Crippen LogP contribution is 2.11. The van der Waals surface area contributed by atoms with Crippen LogP contribution in [0.4, 0.5) is 17.5 Å². The first-order valence-corrected chi connectivity index (χ1v) is 4.71. The second-order valence-electron chi connectivity index (χ2n) is 3.81. The molecule has 2 heterocycles. The third kappa shape index (κ3) is 1.38. The molecular weight excluding hydrogens is 182 g/mol. The van der Waals surface area contributed by atoms with Crippen molar-refractivity contribution in [2.24, 2.45) is 0 Å². The van der Waals surface area contributed by atoms with Gasteiger partial charge in [0.25, 0.3) is 11.5 Å². The molecule has 2 rings (SSSR count). The van der Waals surface area contributed by atoms with Gasteiger partial charge in [0.15, 0.2) is 0 Å². The third-order valence-electron chi connectivity index (χ3n) is 2.64. The first-order valence-electron chi connectivity index (χ1n) is 4.71. The summed E-state index contributed by atoms with van der Waals surface area (Å²) in [5.74, 6) is 1.29. The minimum atomic E-state index is -0.0880. The second kappa shape index (κ2) is 3.07. The number of aromatic amines is 2. The van der Waals surface area contributed by atoms with Gasteiger partial charge >= 0.3 is 11.5 Å². The number of H-pyrrole nitrogens is 2. The molecule has 1 aliphatic rings. The minimum absolute atomic E-state index is 0.0880. The van der Waals surface area contributed by atoms with Crippen molar-refractivity contribution in [3.63, 3.8) is 0 Å². The Bertz CT molecular complexity index is 413. The molecule has 8 N–H and O–H groups in total. The number of nitrogens with two attached hydrogens (primary N) is 1. The Hall–Kier alpha value is -1.40. The molecule has 14 heavy (non-hydrogen) atoms. The van der Waals surface area contributed by atoms with E-state index in [0.717, 1.165) is 5.82 Å². The van der Waals surface area contributed by atoms with E-state index in [1.54, 1.807) is 0 Å². The molecule has 0 unspecified atom stereocenters. The summed E-state index contributed by atoms with van der Waals surface area (Å²) < 4.78 is 0. The van der Waals surface area contributed by atoms with Gasteiger partial charge in [-0.15, -0.1) is 0 Å². The van der Waals surface area contributed by atoms with Crippen molar-refractivity contribution in [1.29, 1.82) is 0 Å². The van der Waals surface area contributed by atoms with Crippen LogP contribution in [0.5, 0.6) is 0 Å². The van der Waals surface area contributed by atoms with E-state index in [1.807, 2.05) is 5.32 Å². The predicted octanol–water partition coefficient (Wildman–Crippen LogP) is -2.54. The molecule has 0 saturated heterocycles. The maximum Gasteiger partial charge on any atom is 0.397 e. The minimum Gasteiger partial charge on any atom is -0.297 e. The molecule has 1 aromatic heterocycles. The van der Waals surface area contributed by atoms with Gasteiger partial charge in [-0.25, -0.2) is 4.79 Å². The standard InChI is InChI=1S/C8H13N5O/c1-3-4(2)11-6-5(10-3)7(14)13-8(9)12-6/h3-4,10H,1-2H3,(H4,9,11,12,13,14)/p+3/t3-,4+/m0/s1. The number of rotatable bonds is 0. The average molecular weight is 198 g/mol. The van der Waals surface area contributed by atoms with Gasteiger partial charge in [-0.1, -0.05) is 0 Å². The molecule has 0 fully saturated rings. The molecule has 0 amide bonds. The van der Waals surface area contributed by atoms with Crippen LogP contribution in [0.2, 0.25) is 0 Å². The van der Waals surface area contributed by atoms with E-state index in [2.05, 4.69) is 34.9 Å². The SMILES string of the molecule is C[C@@H]1[NH2+]c2c([nH+]c([NH3+])[nH]c2=O)N[C@@H]1C. The summed E-state index contributed by atoms with van der Waals surface area (Å²) in [6.07, 6.45) is 0. The lowest BCUT2D eigenvalue weighted by Gasteiger charge is -2.21. The van der Waals surface area contributed by atoms with Crippen molar-refractivity contribution in [2.45, 2.75) is 25.9 Å². The summed E-state index contributed by atoms with van der Waals surface area (Å²) in [7, 11) is 0. The van der Waals surface area contributed by atoms with Crippen LogP contribution in [0.1, 0.15) is 13.8 Å². The van der Waals surface area contributed by atoms with Crippen molar-refractivity contribution in [1.82, 2.24) is 4.98 Å². The molecular formula is C8H16N5O+3. The number of nitrogens with one attached hydrogen (secondary N) is 3. The molecule has 6 nitrogen and oxygen atoms in total. The van der Waals surface area contributed by atoms with Gasteiger partial charge in [0.05, 0.1) is 0 Å². The average Bonchev–Trinajstić information content (AvgIpc) is 2.08. The number of hydrogen-bond donors (Lipinski definition) is 4. The van der Waals surface area contributed by atoms with Gasteiger partial charge < -0.3 is 0 Å². The van der Waals surface area contributed by atoms with Crippen LogP contribution >= 0.6 is 0 Å². The van der Waals surface area contributed by atoms with E-state index < -0.39 is 0 Å². The summed E-state index contributed by atoms with van der Waals surface area (Å²) in [6.45, 7) is 4.17. The number of quaternary nitrogens is 2. The maximum atomic E-state index is 11.6. The molecule has 1 aliphatic heterocycles. The maximum absolute atomic E-state index is 11.6. The Morgan fingerprint density at radius 1 is 1.50 bits per heavy atom. The molecule has 0 radical (unpaired) electrons. The van der Waals surface area contributed by atoms with E-state index in [1.165, 1.54) is 0 Å². The molecule has 0 spiro atoms. The normalized spacial score (nSPS) is 25.4. The lowest BCUT2D eigenvalue weighted by molar-refractivity contribution is -0.618. The van der Waals surface area contributed by atoms with E-state index in [9.17, 15) is 4.79 Å². The topological polar surface area (TPSA) is 103 Å². The Morgan fingerprint density at radius 2 is 2.21 bits per heavy atom. The quantitative estimate of drug-likeness (QED) is 0.369. The zero-order chi connectivity index (χ0) is 10.3. The fourth-order valence-electron chi connectivity index (χ4n) is 1.61. The van der Waals surface area contributed by atoms with Crippen LogP contribution in [-0.4, -0.2) is 17.1 Å². The predicted molar refractivity (Wildman–Crippen MR) is 50.3 cm³/mol. The first-order chi connectivity index (χ1) is 6.58. The van der Waals surface area contributed by atoms with Gasteiger partial charge in [-0.05, 0) is 13.8 Å². The summed E-state index contributed by atoms with van der Waals surface area (Å²) in [6, 6.07) is 0.688. The van der Waals surface area contributed by atoms with E-state index in [0.29, 0.717) is 23.7 Å². The molecule has 1 aromatic rings. The van der Waals surface area contributed by atoms with E-state index in [4.69, 9.17) is 0 Å². The van der Waals surface area contributed by atoms with Gasteiger partial charge in [0, 0.05) is 0 Å². The fourth-order valence-corrected chi connectivity index (χ4v) is 1.61. The molecule has 0 aromatic carbocycles. The number of fused-ring (bicyclic) bond motifs is 1. The van der Waals surface area contributed by atoms with Crippen LogP contribution in [0, 0.1) is 0 Å². The Kier molecular flexibility index (Phi) is 2.01. The lowest BCUT2D eigenvalue weighted by atomic mass is 10.1. The van der Waals surface area contributed by atoms with E-state index >= 15 is 0 Å². The van der Waals surface area contributed by atoms with Crippen LogP contribution in [0.25, 0.3) is 0 Å². The number of aromatic nitrogens is 2. The molecule has 0 aliphatic carbocycles. The zero-order valence-corrected chi connectivity index (χ0v) is 8.35. The summed E-state index contributed by atoms with van der Waals surface area (Å²) in [5, 5.41) is 5.22. The zero-order valence-electron chi connectivity index (χ0n) is 8.35. The first kappa shape index (κ1) is 9.17.